The number of anilines is 1. The molecule has 0 atom stereocenters. The number of benzene rings is 1. The Morgan fingerprint density at radius 1 is 1.26 bits per heavy atom. The predicted octanol–water partition coefficient (Wildman–Crippen LogP) is 1.30. The van der Waals surface area contributed by atoms with E-state index in [2.05, 4.69) is 15.3 Å². The zero-order chi connectivity index (χ0) is 22.4. The van der Waals surface area contributed by atoms with E-state index in [4.69, 9.17) is 9.47 Å². The number of fused-ring (bicyclic) bond motifs is 1. The first-order chi connectivity index (χ1) is 14.8. The van der Waals surface area contributed by atoms with Gasteiger partial charge in [-0.2, -0.15) is 4.99 Å². The third kappa shape index (κ3) is 6.19. The lowest BCUT2D eigenvalue weighted by Gasteiger charge is -2.05. The van der Waals surface area contributed by atoms with Crippen LogP contribution in [-0.4, -0.2) is 62.1 Å². The van der Waals surface area contributed by atoms with Crippen LogP contribution in [0.15, 0.2) is 34.8 Å². The molecule has 13 heteroatoms. The van der Waals surface area contributed by atoms with Crippen LogP contribution in [0.25, 0.3) is 10.2 Å². The largest absolute Gasteiger partial charge is 0.497 e. The number of carbonyl (C=O) groups excluding carboxylic acids is 2. The van der Waals surface area contributed by atoms with Crippen molar-refractivity contribution >= 4 is 59.7 Å². The Hall–Kier alpha value is -2.61. The van der Waals surface area contributed by atoms with Crippen molar-refractivity contribution in [1.82, 2.24) is 9.55 Å². The lowest BCUT2D eigenvalue weighted by molar-refractivity contribution is -0.115. The Morgan fingerprint density at radius 3 is 2.74 bits per heavy atom. The van der Waals surface area contributed by atoms with Crippen molar-refractivity contribution in [1.29, 1.82) is 0 Å². The number of thiazole rings is 2. The Bertz CT molecular complexity index is 1250. The Kier molecular flexibility index (Phi) is 7.54. The molecule has 2 heterocycles. The van der Waals surface area contributed by atoms with E-state index >= 15 is 0 Å². The van der Waals surface area contributed by atoms with Crippen LogP contribution in [0, 0.1) is 0 Å². The van der Waals surface area contributed by atoms with Crippen molar-refractivity contribution in [2.75, 3.05) is 37.6 Å². The first-order valence-corrected chi connectivity index (χ1v) is 12.5. The van der Waals surface area contributed by atoms with E-state index in [9.17, 15) is 18.0 Å². The summed E-state index contributed by atoms with van der Waals surface area (Å²) in [5.41, 5.74) is 0.820. The number of nitrogens with zero attached hydrogens (tertiary/aromatic N) is 3. The average Bonchev–Trinajstić information content (AvgIpc) is 3.31. The fourth-order valence-electron chi connectivity index (χ4n) is 2.68. The number of ether oxygens (including phenoxy) is 2. The summed E-state index contributed by atoms with van der Waals surface area (Å²) in [6.07, 6.45) is 1.48. The van der Waals surface area contributed by atoms with Crippen LogP contribution in [-0.2, 0) is 30.7 Å². The molecule has 1 aromatic carbocycles. The second kappa shape index (κ2) is 10.1. The molecule has 0 aliphatic heterocycles. The van der Waals surface area contributed by atoms with Gasteiger partial charge in [0.05, 0.1) is 23.9 Å². The Labute approximate surface area is 186 Å². The van der Waals surface area contributed by atoms with E-state index in [-0.39, 0.29) is 5.13 Å². The molecule has 2 aromatic heterocycles. The zero-order valence-corrected chi connectivity index (χ0v) is 19.2. The van der Waals surface area contributed by atoms with Gasteiger partial charge in [0.1, 0.15) is 17.3 Å². The molecule has 0 fully saturated rings. The normalized spacial score (nSPS) is 12.3. The summed E-state index contributed by atoms with van der Waals surface area (Å²) in [4.78, 5) is 32.5. The third-order valence-corrected chi connectivity index (χ3v) is 7.12. The maximum atomic E-state index is 12.4. The molecule has 1 N–H and O–H groups in total. The molecule has 0 radical (unpaired) electrons. The van der Waals surface area contributed by atoms with Crippen LogP contribution in [0.3, 0.4) is 0 Å². The van der Waals surface area contributed by atoms with Gasteiger partial charge in [-0.3, -0.25) is 9.59 Å². The standard InChI is InChI=1S/C18H20N4O6S3/c1-27-7-6-22-13-4-3-12(28-2)9-14(13)30-18(22)21-16(24)11-31(25,26)10-15(23)20-17-19-5-8-29-17/h3-5,8-9H,6-7,10-11H2,1-2H3,(H,19,20,23). The summed E-state index contributed by atoms with van der Waals surface area (Å²) >= 11 is 2.40. The van der Waals surface area contributed by atoms with Gasteiger partial charge in [0, 0.05) is 25.2 Å². The highest BCUT2D eigenvalue weighted by Gasteiger charge is 2.21. The first-order valence-electron chi connectivity index (χ1n) is 8.95. The van der Waals surface area contributed by atoms with Gasteiger partial charge in [-0.15, -0.1) is 11.3 Å². The van der Waals surface area contributed by atoms with Gasteiger partial charge >= 0.3 is 0 Å². The van der Waals surface area contributed by atoms with Gasteiger partial charge < -0.3 is 19.4 Å². The van der Waals surface area contributed by atoms with Crippen LogP contribution in [0.2, 0.25) is 0 Å². The molecule has 2 amide bonds. The second-order valence-corrected chi connectivity index (χ2v) is 10.3. The zero-order valence-electron chi connectivity index (χ0n) is 16.7. The van der Waals surface area contributed by atoms with Crippen LogP contribution >= 0.6 is 22.7 Å². The molecule has 0 spiro atoms. The number of methoxy groups -OCH3 is 2. The van der Waals surface area contributed by atoms with Crippen LogP contribution in [0.5, 0.6) is 5.75 Å². The van der Waals surface area contributed by atoms with E-state index < -0.39 is 33.2 Å². The van der Waals surface area contributed by atoms with Crippen molar-refractivity contribution < 1.29 is 27.5 Å². The molecule has 0 aliphatic carbocycles. The lowest BCUT2D eigenvalue weighted by Crippen LogP contribution is -2.28. The minimum atomic E-state index is -4.00. The summed E-state index contributed by atoms with van der Waals surface area (Å²) in [5, 5.41) is 4.31. The van der Waals surface area contributed by atoms with E-state index in [1.807, 2.05) is 12.1 Å². The molecular weight excluding hydrogens is 464 g/mol. The fraction of sp³-hybridized carbons (Fsp3) is 0.333. The van der Waals surface area contributed by atoms with Gasteiger partial charge in [-0.1, -0.05) is 11.3 Å². The van der Waals surface area contributed by atoms with E-state index in [1.54, 1.807) is 30.2 Å². The molecule has 0 saturated heterocycles. The molecule has 0 bridgehead atoms. The maximum Gasteiger partial charge on any atom is 0.263 e. The molecule has 166 valence electrons. The maximum absolute atomic E-state index is 12.4. The van der Waals surface area contributed by atoms with E-state index in [0.29, 0.717) is 23.7 Å². The summed E-state index contributed by atoms with van der Waals surface area (Å²) < 4.78 is 37.5. The lowest BCUT2D eigenvalue weighted by atomic mass is 10.3. The number of hydrogen-bond acceptors (Lipinski definition) is 9. The molecule has 31 heavy (non-hydrogen) atoms. The highest BCUT2D eigenvalue weighted by molar-refractivity contribution is 7.92. The number of sulfone groups is 1. The number of aromatic nitrogens is 2. The minimum Gasteiger partial charge on any atom is -0.497 e. The molecule has 0 aliphatic rings. The molecular formula is C18H20N4O6S3. The predicted molar refractivity (Wildman–Crippen MR) is 118 cm³/mol. The van der Waals surface area contributed by atoms with E-state index in [0.717, 1.165) is 21.6 Å². The number of carbonyl (C=O) groups is 2. The molecule has 0 saturated carbocycles. The Balaban J connectivity index is 1.80. The quantitative estimate of drug-likeness (QED) is 0.485. The van der Waals surface area contributed by atoms with Crippen LogP contribution < -0.4 is 14.9 Å². The molecule has 10 nitrogen and oxygen atoms in total. The minimum absolute atomic E-state index is 0.288. The highest BCUT2D eigenvalue weighted by Crippen LogP contribution is 2.23. The highest BCUT2D eigenvalue weighted by atomic mass is 32.2. The molecule has 3 rings (SSSR count). The van der Waals surface area contributed by atoms with Gasteiger partial charge in [0.25, 0.3) is 5.91 Å². The van der Waals surface area contributed by atoms with Gasteiger partial charge in [-0.25, -0.2) is 13.4 Å². The van der Waals surface area contributed by atoms with Crippen molar-refractivity contribution in [2.45, 2.75) is 6.54 Å². The van der Waals surface area contributed by atoms with Crippen LogP contribution in [0.4, 0.5) is 5.13 Å². The smallest absolute Gasteiger partial charge is 0.263 e. The summed E-state index contributed by atoms with van der Waals surface area (Å²) in [5.74, 6) is -2.67. The SMILES string of the molecule is COCCn1c(=NC(=O)CS(=O)(=O)CC(=O)Nc2nccs2)sc2cc(OC)ccc21. The van der Waals surface area contributed by atoms with Gasteiger partial charge in [0.15, 0.2) is 19.8 Å². The van der Waals surface area contributed by atoms with Crippen molar-refractivity contribution in [3.05, 3.63) is 34.6 Å². The summed E-state index contributed by atoms with van der Waals surface area (Å²) in [7, 11) is -0.889. The third-order valence-electron chi connectivity index (χ3n) is 4.00. The summed E-state index contributed by atoms with van der Waals surface area (Å²) in [6.45, 7) is 0.812. The molecule has 3 aromatic rings. The monoisotopic (exact) mass is 484 g/mol. The topological polar surface area (TPSA) is 129 Å². The van der Waals surface area contributed by atoms with E-state index in [1.165, 1.54) is 17.5 Å². The number of hydrogen-bond donors (Lipinski definition) is 1. The summed E-state index contributed by atoms with van der Waals surface area (Å²) in [6, 6.07) is 5.44. The fourth-order valence-corrected chi connectivity index (χ4v) is 5.34. The van der Waals surface area contributed by atoms with Crippen molar-refractivity contribution in [3.63, 3.8) is 0 Å². The van der Waals surface area contributed by atoms with Crippen molar-refractivity contribution in [2.24, 2.45) is 4.99 Å². The van der Waals surface area contributed by atoms with Crippen molar-refractivity contribution in [3.8, 4) is 5.75 Å². The number of nitrogens with one attached hydrogen (secondary N) is 1. The van der Waals surface area contributed by atoms with Crippen LogP contribution in [0.1, 0.15) is 0 Å². The first kappa shape index (κ1) is 23.1. The van der Waals surface area contributed by atoms with Gasteiger partial charge in [-0.05, 0) is 18.2 Å². The molecule has 0 unspecified atom stereocenters. The number of rotatable bonds is 9. The Morgan fingerprint density at radius 2 is 2.06 bits per heavy atom. The number of amides is 2. The second-order valence-electron chi connectivity index (χ2n) is 6.29. The van der Waals surface area contributed by atoms with Gasteiger partial charge in [0.2, 0.25) is 5.91 Å². The average molecular weight is 485 g/mol.